The quantitative estimate of drug-likeness (QED) is 0.397. The van der Waals surface area contributed by atoms with E-state index in [-0.39, 0.29) is 41.8 Å². The molecule has 4 aromatic rings. The minimum absolute atomic E-state index is 0.0443. The highest BCUT2D eigenvalue weighted by Crippen LogP contribution is 2.41. The zero-order valence-electron chi connectivity index (χ0n) is 20.7. The molecular formula is C26H24F4N8O. The fraction of sp³-hybridized carbons (Fsp3) is 0.385. The Kier molecular flexibility index (Phi) is 5.95. The Morgan fingerprint density at radius 2 is 1.95 bits per heavy atom. The molecule has 13 heteroatoms. The van der Waals surface area contributed by atoms with Crippen LogP contribution in [-0.4, -0.2) is 62.6 Å². The lowest BCUT2D eigenvalue weighted by Gasteiger charge is -2.36. The number of piperidine rings is 1. The number of carbonyl (C=O) groups excluding carboxylic acids is 1. The van der Waals surface area contributed by atoms with Crippen LogP contribution in [0.5, 0.6) is 0 Å². The van der Waals surface area contributed by atoms with E-state index in [1.807, 2.05) is 29.2 Å². The molecule has 0 radical (unpaired) electrons. The molecule has 1 aromatic carbocycles. The zero-order valence-corrected chi connectivity index (χ0v) is 20.7. The van der Waals surface area contributed by atoms with Crippen molar-refractivity contribution in [2.24, 2.45) is 5.73 Å². The van der Waals surface area contributed by atoms with Gasteiger partial charge >= 0.3 is 6.18 Å². The van der Waals surface area contributed by atoms with Crippen LogP contribution in [-0.2, 0) is 11.3 Å². The summed E-state index contributed by atoms with van der Waals surface area (Å²) in [7, 11) is 0. The van der Waals surface area contributed by atoms with Gasteiger partial charge in [-0.25, -0.2) is 8.91 Å². The van der Waals surface area contributed by atoms with Crippen LogP contribution < -0.4 is 10.6 Å². The first-order valence-electron chi connectivity index (χ1n) is 12.5. The van der Waals surface area contributed by atoms with Crippen molar-refractivity contribution in [1.82, 2.24) is 24.3 Å². The van der Waals surface area contributed by atoms with Crippen LogP contribution >= 0.6 is 0 Å². The summed E-state index contributed by atoms with van der Waals surface area (Å²) < 4.78 is 59.9. The van der Waals surface area contributed by atoms with E-state index < -0.39 is 24.6 Å². The molecule has 39 heavy (non-hydrogen) atoms. The SMILES string of the molecule is N#Cc1ccc(N2Cc3c4ccc(C5CCN(CC(N)=O)CC5)cc4nn3[C@H](C(F)(F)F)C2)c2c(F)cnn12. The number of primary amides is 1. The molecule has 5 heterocycles. The molecule has 1 fully saturated rings. The summed E-state index contributed by atoms with van der Waals surface area (Å²) in [6.07, 6.45) is -2.05. The van der Waals surface area contributed by atoms with Gasteiger partial charge in [0.05, 0.1) is 36.2 Å². The highest BCUT2D eigenvalue weighted by molar-refractivity contribution is 5.84. The second-order valence-corrected chi connectivity index (χ2v) is 10.1. The molecule has 2 N–H and O–H groups in total. The predicted octanol–water partition coefficient (Wildman–Crippen LogP) is 3.48. The molecule has 2 aliphatic rings. The standard InChI is InChI=1S/C26H24F4N8O/c27-19-11-33-37-17(10-31)2-4-21(25(19)37)36-12-22-18-3-1-16(15-5-7-35(8-6-15)14-24(32)39)9-20(18)34-38(22)23(13-36)26(28,29)30/h1-4,9,11,15,23H,5-8,12-14H2,(H2,32,39)/t23-/m0/s1. The summed E-state index contributed by atoms with van der Waals surface area (Å²) in [5, 5.41) is 18.2. The van der Waals surface area contributed by atoms with Crippen molar-refractivity contribution in [3.8, 4) is 6.07 Å². The van der Waals surface area contributed by atoms with E-state index in [1.54, 1.807) is 0 Å². The Labute approximate surface area is 220 Å². The van der Waals surface area contributed by atoms with Crippen LogP contribution in [0.3, 0.4) is 0 Å². The molecular weight excluding hydrogens is 516 g/mol. The summed E-state index contributed by atoms with van der Waals surface area (Å²) in [6.45, 7) is 1.23. The molecule has 202 valence electrons. The van der Waals surface area contributed by atoms with Crippen molar-refractivity contribution in [3.05, 3.63) is 59.3 Å². The Hall–Kier alpha value is -4.18. The maximum atomic E-state index is 14.7. The smallest absolute Gasteiger partial charge is 0.369 e. The molecule has 0 unspecified atom stereocenters. The van der Waals surface area contributed by atoms with Gasteiger partial charge in [0.25, 0.3) is 0 Å². The monoisotopic (exact) mass is 540 g/mol. The summed E-state index contributed by atoms with van der Waals surface area (Å²) in [5.74, 6) is -0.894. The van der Waals surface area contributed by atoms with Gasteiger partial charge in [0.2, 0.25) is 5.91 Å². The number of nitriles is 1. The van der Waals surface area contributed by atoms with Crippen LogP contribution in [0.2, 0.25) is 0 Å². The number of fused-ring (bicyclic) bond motifs is 4. The number of likely N-dealkylation sites (tertiary alicyclic amines) is 1. The lowest BCUT2D eigenvalue weighted by molar-refractivity contribution is -0.169. The average molecular weight is 541 g/mol. The van der Waals surface area contributed by atoms with E-state index in [2.05, 4.69) is 10.2 Å². The van der Waals surface area contributed by atoms with E-state index in [9.17, 15) is 27.6 Å². The third-order valence-corrected chi connectivity index (χ3v) is 7.72. The molecule has 2 aliphatic heterocycles. The number of carbonyl (C=O) groups is 1. The molecule has 0 saturated carbocycles. The van der Waals surface area contributed by atoms with E-state index >= 15 is 0 Å². The number of benzene rings is 1. The lowest BCUT2D eigenvalue weighted by atomic mass is 9.89. The molecule has 6 rings (SSSR count). The van der Waals surface area contributed by atoms with Gasteiger partial charge in [0.15, 0.2) is 11.9 Å². The van der Waals surface area contributed by atoms with E-state index in [4.69, 9.17) is 5.73 Å². The second-order valence-electron chi connectivity index (χ2n) is 10.1. The zero-order chi connectivity index (χ0) is 27.5. The van der Waals surface area contributed by atoms with Gasteiger partial charge in [-0.3, -0.25) is 14.4 Å². The molecule has 0 aliphatic carbocycles. The van der Waals surface area contributed by atoms with Crippen molar-refractivity contribution in [2.45, 2.75) is 37.5 Å². The van der Waals surface area contributed by atoms with Crippen molar-refractivity contribution < 1.29 is 22.4 Å². The Morgan fingerprint density at radius 3 is 2.64 bits per heavy atom. The Balaban J connectivity index is 1.37. The molecule has 1 amide bonds. The molecule has 9 nitrogen and oxygen atoms in total. The van der Waals surface area contributed by atoms with Crippen LogP contribution in [0, 0.1) is 17.1 Å². The van der Waals surface area contributed by atoms with Gasteiger partial charge in [-0.05, 0) is 55.6 Å². The summed E-state index contributed by atoms with van der Waals surface area (Å²) in [4.78, 5) is 14.7. The van der Waals surface area contributed by atoms with Gasteiger partial charge in [0, 0.05) is 11.9 Å². The highest BCUT2D eigenvalue weighted by atomic mass is 19.4. The highest BCUT2D eigenvalue weighted by Gasteiger charge is 2.46. The minimum atomic E-state index is -4.60. The number of nitrogens with zero attached hydrogens (tertiary/aromatic N) is 7. The van der Waals surface area contributed by atoms with E-state index in [0.717, 1.165) is 33.8 Å². The third-order valence-electron chi connectivity index (χ3n) is 7.72. The minimum Gasteiger partial charge on any atom is -0.369 e. The van der Waals surface area contributed by atoms with E-state index in [1.165, 1.54) is 17.0 Å². The normalized spacial score (nSPS) is 18.9. The van der Waals surface area contributed by atoms with Crippen LogP contribution in [0.4, 0.5) is 23.2 Å². The van der Waals surface area contributed by atoms with Gasteiger partial charge in [-0.1, -0.05) is 12.1 Å². The Morgan fingerprint density at radius 1 is 1.18 bits per heavy atom. The first-order valence-corrected chi connectivity index (χ1v) is 12.5. The number of aromatic nitrogens is 4. The van der Waals surface area contributed by atoms with Crippen LogP contribution in [0.15, 0.2) is 36.5 Å². The number of pyridine rings is 1. The number of nitrogens with two attached hydrogens (primary N) is 1. The number of hydrogen-bond donors (Lipinski definition) is 1. The largest absolute Gasteiger partial charge is 0.412 e. The van der Waals surface area contributed by atoms with Crippen molar-refractivity contribution >= 4 is 28.0 Å². The van der Waals surface area contributed by atoms with E-state index in [0.29, 0.717) is 29.7 Å². The maximum Gasteiger partial charge on any atom is 0.412 e. The van der Waals surface area contributed by atoms with Gasteiger partial charge in [-0.15, -0.1) is 0 Å². The van der Waals surface area contributed by atoms with Crippen molar-refractivity contribution in [2.75, 3.05) is 31.1 Å². The maximum absolute atomic E-state index is 14.7. The van der Waals surface area contributed by atoms with Gasteiger partial charge in [0.1, 0.15) is 17.3 Å². The van der Waals surface area contributed by atoms with Crippen molar-refractivity contribution in [1.29, 1.82) is 5.26 Å². The molecule has 0 spiro atoms. The first-order chi connectivity index (χ1) is 18.6. The predicted molar refractivity (Wildman–Crippen MR) is 133 cm³/mol. The van der Waals surface area contributed by atoms with Crippen molar-refractivity contribution in [3.63, 3.8) is 0 Å². The molecule has 1 atom stereocenters. The first kappa shape index (κ1) is 25.1. The molecule has 0 bridgehead atoms. The van der Waals surface area contributed by atoms with Crippen LogP contribution in [0.1, 0.15) is 41.8 Å². The van der Waals surface area contributed by atoms with Crippen LogP contribution in [0.25, 0.3) is 16.4 Å². The average Bonchev–Trinajstić information content (AvgIpc) is 3.47. The third kappa shape index (κ3) is 4.34. The Bertz CT molecular complexity index is 1630. The summed E-state index contributed by atoms with van der Waals surface area (Å²) in [6, 6.07) is 8.44. The fourth-order valence-corrected chi connectivity index (χ4v) is 5.84. The number of alkyl halides is 3. The van der Waals surface area contributed by atoms with Gasteiger partial charge in [-0.2, -0.15) is 28.6 Å². The fourth-order valence-electron chi connectivity index (χ4n) is 5.84. The second kappa shape index (κ2) is 9.23. The number of hydrogen-bond acceptors (Lipinski definition) is 6. The van der Waals surface area contributed by atoms with Gasteiger partial charge < -0.3 is 10.6 Å². The summed E-state index contributed by atoms with van der Waals surface area (Å²) >= 11 is 0. The summed E-state index contributed by atoms with van der Waals surface area (Å²) in [5.41, 5.74) is 7.39. The number of rotatable bonds is 4. The number of halogens is 4. The molecule has 3 aromatic heterocycles. The number of amides is 1. The molecule has 1 saturated heterocycles. The topological polar surface area (TPSA) is 108 Å². The number of anilines is 1. The lowest BCUT2D eigenvalue weighted by Crippen LogP contribution is -2.44.